The Morgan fingerprint density at radius 1 is 1.28 bits per heavy atom. The van der Waals surface area contributed by atoms with Crippen molar-refractivity contribution < 1.29 is 18.7 Å². The van der Waals surface area contributed by atoms with Gasteiger partial charge in [-0.05, 0) is 39.7 Å². The van der Waals surface area contributed by atoms with Crippen molar-refractivity contribution in [2.75, 3.05) is 0 Å². The van der Waals surface area contributed by atoms with E-state index in [0.29, 0.717) is 12.8 Å². The standard InChI is InChI=1S/C19H17F2NO3/c1-19(2,3)7-6-11-16(21)13(20)8-12-15(23)9-14(18(24)25)22(17(11)12)10-4-5-10/h8-10H,4-5H2,1-3H3,(H,24,25). The number of rotatable bonds is 2. The van der Waals surface area contributed by atoms with Crippen molar-refractivity contribution in [1.29, 1.82) is 0 Å². The van der Waals surface area contributed by atoms with Gasteiger partial charge >= 0.3 is 5.97 Å². The molecule has 1 aromatic heterocycles. The number of fused-ring (bicyclic) bond motifs is 1. The van der Waals surface area contributed by atoms with Crippen molar-refractivity contribution in [3.8, 4) is 11.8 Å². The number of pyridine rings is 1. The minimum atomic E-state index is -1.29. The molecule has 0 spiro atoms. The normalized spacial score (nSPS) is 14.3. The topological polar surface area (TPSA) is 59.3 Å². The van der Waals surface area contributed by atoms with Gasteiger partial charge in [0.05, 0.1) is 16.5 Å². The fraction of sp³-hybridized carbons (Fsp3) is 0.368. The van der Waals surface area contributed by atoms with Gasteiger partial charge in [-0.15, -0.1) is 0 Å². The highest BCUT2D eigenvalue weighted by Crippen LogP contribution is 2.39. The van der Waals surface area contributed by atoms with Gasteiger partial charge in [-0.25, -0.2) is 13.6 Å². The van der Waals surface area contributed by atoms with E-state index in [9.17, 15) is 23.5 Å². The first-order chi connectivity index (χ1) is 11.6. The van der Waals surface area contributed by atoms with Crippen molar-refractivity contribution in [3.63, 3.8) is 0 Å². The van der Waals surface area contributed by atoms with E-state index in [0.717, 1.165) is 12.1 Å². The number of aromatic carboxylic acids is 1. The van der Waals surface area contributed by atoms with Crippen LogP contribution in [0, 0.1) is 28.9 Å². The highest BCUT2D eigenvalue weighted by atomic mass is 19.2. The summed E-state index contributed by atoms with van der Waals surface area (Å²) in [4.78, 5) is 23.9. The summed E-state index contributed by atoms with van der Waals surface area (Å²) in [5, 5.41) is 9.38. The van der Waals surface area contributed by atoms with Crippen LogP contribution in [0.3, 0.4) is 0 Å². The van der Waals surface area contributed by atoms with Crippen molar-refractivity contribution in [3.05, 3.63) is 45.2 Å². The van der Waals surface area contributed by atoms with Crippen molar-refractivity contribution in [2.45, 2.75) is 39.7 Å². The molecule has 130 valence electrons. The van der Waals surface area contributed by atoms with Gasteiger partial charge in [0, 0.05) is 17.5 Å². The van der Waals surface area contributed by atoms with Gasteiger partial charge in [0.15, 0.2) is 17.1 Å². The van der Waals surface area contributed by atoms with E-state index < -0.39 is 28.4 Å². The fourth-order valence-corrected chi connectivity index (χ4v) is 2.69. The third kappa shape index (κ3) is 3.14. The van der Waals surface area contributed by atoms with E-state index in [-0.39, 0.29) is 28.2 Å². The number of hydrogen-bond donors (Lipinski definition) is 1. The van der Waals surface area contributed by atoms with E-state index in [1.807, 2.05) is 20.8 Å². The van der Waals surface area contributed by atoms with Crippen LogP contribution in [0.2, 0.25) is 0 Å². The number of carboxylic acids is 1. The summed E-state index contributed by atoms with van der Waals surface area (Å²) in [7, 11) is 0. The first kappa shape index (κ1) is 17.2. The van der Waals surface area contributed by atoms with E-state index in [4.69, 9.17) is 0 Å². The Labute approximate surface area is 143 Å². The zero-order valence-electron chi connectivity index (χ0n) is 14.1. The molecule has 6 heteroatoms. The molecule has 2 aromatic rings. The highest BCUT2D eigenvalue weighted by Gasteiger charge is 2.31. The maximum absolute atomic E-state index is 14.5. The average Bonchev–Trinajstić information content (AvgIpc) is 3.31. The molecule has 0 amide bonds. The minimum Gasteiger partial charge on any atom is -0.477 e. The van der Waals surface area contributed by atoms with Crippen LogP contribution in [0.1, 0.15) is 55.7 Å². The molecular formula is C19H17F2NO3. The summed E-state index contributed by atoms with van der Waals surface area (Å²) in [6.45, 7) is 5.45. The summed E-state index contributed by atoms with van der Waals surface area (Å²) in [6.07, 6.45) is 1.42. The lowest BCUT2D eigenvalue weighted by molar-refractivity contribution is 0.0684. The Morgan fingerprint density at radius 2 is 1.92 bits per heavy atom. The summed E-state index contributed by atoms with van der Waals surface area (Å²) in [5.41, 5.74) is -1.58. The van der Waals surface area contributed by atoms with Crippen molar-refractivity contribution >= 4 is 16.9 Å². The molecule has 1 saturated carbocycles. The predicted molar refractivity (Wildman–Crippen MR) is 89.7 cm³/mol. The lowest BCUT2D eigenvalue weighted by atomic mass is 9.96. The monoisotopic (exact) mass is 345 g/mol. The molecule has 0 radical (unpaired) electrons. The molecule has 1 aliphatic rings. The Morgan fingerprint density at radius 3 is 2.44 bits per heavy atom. The predicted octanol–water partition coefficient (Wildman–Crippen LogP) is 3.71. The fourth-order valence-electron chi connectivity index (χ4n) is 2.69. The van der Waals surface area contributed by atoms with Gasteiger partial charge in [0.25, 0.3) is 0 Å². The van der Waals surface area contributed by atoms with Crippen molar-refractivity contribution in [1.82, 2.24) is 4.57 Å². The van der Waals surface area contributed by atoms with Crippen molar-refractivity contribution in [2.24, 2.45) is 5.41 Å². The molecule has 4 nitrogen and oxygen atoms in total. The molecule has 0 saturated heterocycles. The maximum atomic E-state index is 14.5. The van der Waals surface area contributed by atoms with Crippen LogP contribution in [-0.2, 0) is 0 Å². The SMILES string of the molecule is CC(C)(C)C#Cc1c(F)c(F)cc2c(=O)cc(C(=O)O)n(C3CC3)c12. The number of nitrogens with zero attached hydrogens (tertiary/aromatic N) is 1. The van der Waals surface area contributed by atoms with Crippen LogP contribution in [0.5, 0.6) is 0 Å². The molecule has 1 fully saturated rings. The van der Waals surface area contributed by atoms with Crippen LogP contribution >= 0.6 is 0 Å². The minimum absolute atomic E-state index is 0.0584. The number of carboxylic acid groups (broad SMARTS) is 1. The van der Waals surface area contributed by atoms with Gasteiger partial charge in [0.1, 0.15) is 5.69 Å². The van der Waals surface area contributed by atoms with Gasteiger partial charge in [-0.3, -0.25) is 4.79 Å². The summed E-state index contributed by atoms with van der Waals surface area (Å²) in [6, 6.07) is 1.62. The van der Waals surface area contributed by atoms with E-state index in [1.165, 1.54) is 4.57 Å². The summed E-state index contributed by atoms with van der Waals surface area (Å²) < 4.78 is 29.9. The first-order valence-electron chi connectivity index (χ1n) is 7.94. The highest BCUT2D eigenvalue weighted by molar-refractivity contribution is 5.93. The van der Waals surface area contributed by atoms with Crippen LogP contribution in [-0.4, -0.2) is 15.6 Å². The quantitative estimate of drug-likeness (QED) is 0.844. The molecular weight excluding hydrogens is 328 g/mol. The van der Waals surface area contributed by atoms with E-state index >= 15 is 0 Å². The van der Waals surface area contributed by atoms with Crippen LogP contribution < -0.4 is 5.43 Å². The maximum Gasteiger partial charge on any atom is 0.352 e. The van der Waals surface area contributed by atoms with Crippen LogP contribution in [0.4, 0.5) is 8.78 Å². The van der Waals surface area contributed by atoms with E-state index in [2.05, 4.69) is 11.8 Å². The molecule has 0 aliphatic heterocycles. The average molecular weight is 345 g/mol. The smallest absolute Gasteiger partial charge is 0.352 e. The first-order valence-corrected chi connectivity index (χ1v) is 7.94. The van der Waals surface area contributed by atoms with Gasteiger partial charge < -0.3 is 9.67 Å². The molecule has 1 N–H and O–H groups in total. The molecule has 0 unspecified atom stereocenters. The second-order valence-corrected chi connectivity index (χ2v) is 7.24. The zero-order valence-corrected chi connectivity index (χ0v) is 14.1. The molecule has 0 atom stereocenters. The summed E-state index contributed by atoms with van der Waals surface area (Å²) >= 11 is 0. The second-order valence-electron chi connectivity index (χ2n) is 7.24. The van der Waals surface area contributed by atoms with Crippen LogP contribution in [0.15, 0.2) is 16.9 Å². The number of hydrogen-bond acceptors (Lipinski definition) is 2. The third-order valence-corrected chi connectivity index (χ3v) is 3.92. The lowest BCUT2D eigenvalue weighted by Crippen LogP contribution is -2.19. The number of aromatic nitrogens is 1. The van der Waals surface area contributed by atoms with E-state index in [1.54, 1.807) is 0 Å². The molecule has 25 heavy (non-hydrogen) atoms. The van der Waals surface area contributed by atoms with Gasteiger partial charge in [-0.2, -0.15) is 0 Å². The third-order valence-electron chi connectivity index (χ3n) is 3.92. The molecule has 0 bridgehead atoms. The Kier molecular flexibility index (Phi) is 3.91. The molecule has 1 aromatic carbocycles. The zero-order chi connectivity index (χ0) is 18.5. The second kappa shape index (κ2) is 5.69. The number of benzene rings is 1. The Balaban J connectivity index is 2.51. The van der Waals surface area contributed by atoms with Gasteiger partial charge in [-0.1, -0.05) is 11.8 Å². The Bertz CT molecular complexity index is 1020. The molecule has 3 rings (SSSR count). The molecule has 1 aliphatic carbocycles. The summed E-state index contributed by atoms with van der Waals surface area (Å²) in [5.74, 6) is 1.84. The molecule has 1 heterocycles. The Hall–Kier alpha value is -2.68. The lowest BCUT2D eigenvalue weighted by Gasteiger charge is -2.16. The number of halogens is 2. The van der Waals surface area contributed by atoms with Gasteiger partial charge in [0.2, 0.25) is 0 Å². The van der Waals surface area contributed by atoms with Crippen LogP contribution in [0.25, 0.3) is 10.9 Å². The number of carbonyl (C=O) groups is 1. The largest absolute Gasteiger partial charge is 0.477 e.